The van der Waals surface area contributed by atoms with Gasteiger partial charge < -0.3 is 5.73 Å². The summed E-state index contributed by atoms with van der Waals surface area (Å²) in [7, 11) is 2.28. The first kappa shape index (κ1) is 16.0. The number of hydrogen-bond donors (Lipinski definition) is 1. The van der Waals surface area contributed by atoms with Gasteiger partial charge in [-0.2, -0.15) is 0 Å². The number of likely N-dealkylation sites (N-methyl/N-ethyl adjacent to an activating group) is 1. The Labute approximate surface area is 128 Å². The third-order valence-corrected chi connectivity index (χ3v) is 6.10. The molecule has 1 atom stereocenters. The molecule has 1 heterocycles. The van der Waals surface area contributed by atoms with Crippen LogP contribution in [0.4, 0.5) is 0 Å². The lowest BCUT2D eigenvalue weighted by molar-refractivity contribution is 0.122. The van der Waals surface area contributed by atoms with Crippen molar-refractivity contribution in [1.29, 1.82) is 0 Å². The average Bonchev–Trinajstić information content (AvgIpc) is 2.78. The normalized spacial score (nSPS) is 25.1. The third kappa shape index (κ3) is 3.44. The smallest absolute Gasteiger partial charge is 0.0481 e. The minimum Gasteiger partial charge on any atom is -0.329 e. The molecule has 1 aliphatic rings. The maximum absolute atomic E-state index is 6.11. The van der Waals surface area contributed by atoms with Gasteiger partial charge in [0.15, 0.2) is 0 Å². The van der Waals surface area contributed by atoms with E-state index in [1.165, 1.54) is 47.4 Å². The summed E-state index contributed by atoms with van der Waals surface area (Å²) in [6, 6.07) is 3.44. The first-order valence-electron chi connectivity index (χ1n) is 8.05. The Morgan fingerprint density at radius 1 is 1.30 bits per heavy atom. The summed E-state index contributed by atoms with van der Waals surface area (Å²) in [4.78, 5) is 5.39. The maximum Gasteiger partial charge on any atom is 0.0481 e. The standard InChI is InChI=1S/C17H30N2S/c1-5-14-6-8-15(9-7-14)19(4)17(11-18)16-10-12(2)20-13(16)3/h10,14-15,17H,5-9,11,18H2,1-4H3. The number of nitrogens with two attached hydrogens (primary N) is 1. The maximum atomic E-state index is 6.11. The minimum absolute atomic E-state index is 0.392. The van der Waals surface area contributed by atoms with E-state index >= 15 is 0 Å². The molecule has 1 aromatic rings. The van der Waals surface area contributed by atoms with E-state index in [0.29, 0.717) is 12.1 Å². The van der Waals surface area contributed by atoms with Gasteiger partial charge in [-0.05, 0) is 64.1 Å². The lowest BCUT2D eigenvalue weighted by Gasteiger charge is -2.39. The predicted molar refractivity (Wildman–Crippen MR) is 89.4 cm³/mol. The summed E-state index contributed by atoms with van der Waals surface area (Å²) in [5.74, 6) is 0.959. The van der Waals surface area contributed by atoms with Crippen LogP contribution in [-0.4, -0.2) is 24.5 Å². The van der Waals surface area contributed by atoms with Crippen LogP contribution < -0.4 is 5.73 Å². The highest BCUT2D eigenvalue weighted by Crippen LogP contribution is 2.35. The second kappa shape index (κ2) is 7.06. The van der Waals surface area contributed by atoms with Crippen LogP contribution in [0, 0.1) is 19.8 Å². The summed E-state index contributed by atoms with van der Waals surface area (Å²) in [6.07, 6.45) is 6.82. The molecule has 0 aromatic carbocycles. The molecule has 1 aromatic heterocycles. The fourth-order valence-corrected chi connectivity index (χ4v) is 4.69. The molecule has 1 saturated carbocycles. The molecule has 114 valence electrons. The van der Waals surface area contributed by atoms with Crippen molar-refractivity contribution in [2.75, 3.05) is 13.6 Å². The number of aryl methyl sites for hydroxylation is 2. The van der Waals surface area contributed by atoms with E-state index in [1.807, 2.05) is 11.3 Å². The van der Waals surface area contributed by atoms with Gasteiger partial charge in [-0.25, -0.2) is 0 Å². The Bertz CT molecular complexity index is 419. The zero-order valence-corrected chi connectivity index (χ0v) is 14.3. The lowest BCUT2D eigenvalue weighted by atomic mass is 9.83. The van der Waals surface area contributed by atoms with Crippen LogP contribution in [0.25, 0.3) is 0 Å². The molecule has 1 fully saturated rings. The Hall–Kier alpha value is -0.380. The molecule has 20 heavy (non-hydrogen) atoms. The first-order chi connectivity index (χ1) is 9.56. The van der Waals surface area contributed by atoms with Crippen molar-refractivity contribution < 1.29 is 0 Å². The van der Waals surface area contributed by atoms with Crippen LogP contribution in [-0.2, 0) is 0 Å². The minimum atomic E-state index is 0.392. The van der Waals surface area contributed by atoms with Gasteiger partial charge in [0.2, 0.25) is 0 Å². The van der Waals surface area contributed by atoms with Gasteiger partial charge in [-0.3, -0.25) is 4.90 Å². The van der Waals surface area contributed by atoms with Gasteiger partial charge in [-0.1, -0.05) is 13.3 Å². The van der Waals surface area contributed by atoms with E-state index in [9.17, 15) is 0 Å². The van der Waals surface area contributed by atoms with Gasteiger partial charge in [0.05, 0.1) is 0 Å². The largest absolute Gasteiger partial charge is 0.329 e. The summed E-state index contributed by atoms with van der Waals surface area (Å²) in [6.45, 7) is 7.48. The van der Waals surface area contributed by atoms with Crippen molar-refractivity contribution in [2.24, 2.45) is 11.7 Å². The fraction of sp³-hybridized carbons (Fsp3) is 0.765. The molecule has 2 nitrogen and oxygen atoms in total. The second-order valence-electron chi connectivity index (χ2n) is 6.37. The number of hydrogen-bond acceptors (Lipinski definition) is 3. The zero-order valence-electron chi connectivity index (χ0n) is 13.5. The van der Waals surface area contributed by atoms with Gasteiger partial charge in [0.25, 0.3) is 0 Å². The third-order valence-electron chi connectivity index (χ3n) is 5.12. The van der Waals surface area contributed by atoms with Crippen molar-refractivity contribution in [1.82, 2.24) is 4.90 Å². The summed E-state index contributed by atoms with van der Waals surface area (Å²) in [5.41, 5.74) is 7.56. The van der Waals surface area contributed by atoms with E-state index in [1.54, 1.807) is 0 Å². The van der Waals surface area contributed by atoms with Crippen LogP contribution in [0.1, 0.15) is 60.4 Å². The highest BCUT2D eigenvalue weighted by Gasteiger charge is 2.28. The van der Waals surface area contributed by atoms with E-state index < -0.39 is 0 Å². The fourth-order valence-electron chi connectivity index (χ4n) is 3.71. The van der Waals surface area contributed by atoms with Crippen molar-refractivity contribution in [3.05, 3.63) is 21.4 Å². The van der Waals surface area contributed by atoms with Gasteiger partial charge in [-0.15, -0.1) is 11.3 Å². The molecule has 0 spiro atoms. The number of thiophene rings is 1. The van der Waals surface area contributed by atoms with Crippen LogP contribution in [0.2, 0.25) is 0 Å². The Morgan fingerprint density at radius 3 is 2.40 bits per heavy atom. The Morgan fingerprint density at radius 2 is 1.95 bits per heavy atom. The second-order valence-corrected chi connectivity index (χ2v) is 7.83. The molecule has 2 N–H and O–H groups in total. The Kier molecular flexibility index (Phi) is 5.65. The van der Waals surface area contributed by atoms with Crippen LogP contribution in [0.3, 0.4) is 0 Å². The zero-order chi connectivity index (χ0) is 14.7. The van der Waals surface area contributed by atoms with Crippen molar-refractivity contribution >= 4 is 11.3 Å². The monoisotopic (exact) mass is 294 g/mol. The molecule has 1 unspecified atom stereocenters. The quantitative estimate of drug-likeness (QED) is 0.879. The van der Waals surface area contributed by atoms with E-state index in [2.05, 4.69) is 38.8 Å². The SMILES string of the molecule is CCC1CCC(N(C)C(CN)c2cc(C)sc2C)CC1. The molecule has 0 saturated heterocycles. The summed E-state index contributed by atoms with van der Waals surface area (Å²) < 4.78 is 0. The topological polar surface area (TPSA) is 29.3 Å². The van der Waals surface area contributed by atoms with Gasteiger partial charge in [0, 0.05) is 28.4 Å². The van der Waals surface area contributed by atoms with Crippen molar-refractivity contribution in [3.63, 3.8) is 0 Å². The predicted octanol–water partition coefficient (Wildman–Crippen LogP) is 4.27. The molecular formula is C17H30N2S. The van der Waals surface area contributed by atoms with E-state index in [4.69, 9.17) is 5.73 Å². The lowest BCUT2D eigenvalue weighted by Crippen LogP contribution is -2.40. The van der Waals surface area contributed by atoms with Crippen LogP contribution in [0.5, 0.6) is 0 Å². The molecule has 3 heteroatoms. The van der Waals surface area contributed by atoms with Crippen molar-refractivity contribution in [2.45, 2.75) is 65.0 Å². The number of rotatable bonds is 5. The van der Waals surface area contributed by atoms with Gasteiger partial charge >= 0.3 is 0 Å². The molecule has 0 radical (unpaired) electrons. The molecule has 2 rings (SSSR count). The van der Waals surface area contributed by atoms with E-state index in [-0.39, 0.29) is 0 Å². The average molecular weight is 295 g/mol. The van der Waals surface area contributed by atoms with Crippen molar-refractivity contribution in [3.8, 4) is 0 Å². The molecule has 0 aliphatic heterocycles. The molecule has 1 aliphatic carbocycles. The molecule has 0 bridgehead atoms. The van der Waals surface area contributed by atoms with Gasteiger partial charge in [0.1, 0.15) is 0 Å². The highest BCUT2D eigenvalue weighted by molar-refractivity contribution is 7.12. The van der Waals surface area contributed by atoms with E-state index in [0.717, 1.165) is 12.5 Å². The van der Waals surface area contributed by atoms with Crippen LogP contribution in [0.15, 0.2) is 6.07 Å². The number of nitrogens with zero attached hydrogens (tertiary/aromatic N) is 1. The first-order valence-corrected chi connectivity index (χ1v) is 8.87. The van der Waals surface area contributed by atoms with Crippen LogP contribution >= 0.6 is 11.3 Å². The summed E-state index contributed by atoms with van der Waals surface area (Å²) in [5, 5.41) is 0. The highest BCUT2D eigenvalue weighted by atomic mass is 32.1. The molecular weight excluding hydrogens is 264 g/mol. The molecule has 0 amide bonds. The Balaban J connectivity index is 2.06. The summed E-state index contributed by atoms with van der Waals surface area (Å²) >= 11 is 1.90.